The zero-order valence-corrected chi connectivity index (χ0v) is 18.7. The monoisotopic (exact) mass is 467 g/mol. The van der Waals surface area contributed by atoms with Crippen molar-refractivity contribution in [3.8, 4) is 5.75 Å². The van der Waals surface area contributed by atoms with Gasteiger partial charge in [0.15, 0.2) is 0 Å². The van der Waals surface area contributed by atoms with Crippen molar-refractivity contribution in [1.82, 2.24) is 0 Å². The van der Waals surface area contributed by atoms with Crippen molar-refractivity contribution < 1.29 is 23.0 Å². The Labute approximate surface area is 192 Å². The molecule has 2 unspecified atom stereocenters. The Bertz CT molecular complexity index is 884. The fourth-order valence-electron chi connectivity index (χ4n) is 5.14. The SMILES string of the molecule is OCC1(CC2CCC2)C(COc2ccc(C(F)(F)F)cc2)CCCN1c1ccc(Cl)cc1. The van der Waals surface area contributed by atoms with Crippen LogP contribution in [0.1, 0.15) is 44.1 Å². The van der Waals surface area contributed by atoms with Crippen LogP contribution in [0.15, 0.2) is 48.5 Å². The van der Waals surface area contributed by atoms with Gasteiger partial charge in [-0.2, -0.15) is 13.2 Å². The highest BCUT2D eigenvalue weighted by Crippen LogP contribution is 2.45. The van der Waals surface area contributed by atoms with Crippen LogP contribution in [0.4, 0.5) is 18.9 Å². The summed E-state index contributed by atoms with van der Waals surface area (Å²) >= 11 is 6.10. The van der Waals surface area contributed by atoms with Gasteiger partial charge in [0.1, 0.15) is 5.75 Å². The summed E-state index contributed by atoms with van der Waals surface area (Å²) in [6, 6.07) is 12.5. The van der Waals surface area contributed by atoms with Crippen molar-refractivity contribution >= 4 is 17.3 Å². The van der Waals surface area contributed by atoms with E-state index in [-0.39, 0.29) is 12.5 Å². The molecule has 1 N–H and O–H groups in total. The van der Waals surface area contributed by atoms with Gasteiger partial charge in [-0.05, 0) is 73.7 Å². The lowest BCUT2D eigenvalue weighted by Gasteiger charge is -2.54. The topological polar surface area (TPSA) is 32.7 Å². The molecule has 174 valence electrons. The second-order valence-corrected chi connectivity index (χ2v) is 9.50. The number of hydrogen-bond acceptors (Lipinski definition) is 3. The summed E-state index contributed by atoms with van der Waals surface area (Å²) in [7, 11) is 0. The van der Waals surface area contributed by atoms with E-state index < -0.39 is 17.3 Å². The summed E-state index contributed by atoms with van der Waals surface area (Å²) in [5.74, 6) is 1.04. The highest BCUT2D eigenvalue weighted by Gasteiger charge is 2.48. The van der Waals surface area contributed by atoms with Crippen LogP contribution in [0.25, 0.3) is 0 Å². The van der Waals surface area contributed by atoms with E-state index in [4.69, 9.17) is 16.3 Å². The van der Waals surface area contributed by atoms with Gasteiger partial charge in [0.25, 0.3) is 0 Å². The Balaban J connectivity index is 1.56. The molecule has 0 bridgehead atoms. The van der Waals surface area contributed by atoms with E-state index in [9.17, 15) is 18.3 Å². The first-order valence-corrected chi connectivity index (χ1v) is 11.6. The molecule has 2 fully saturated rings. The molecule has 1 heterocycles. The van der Waals surface area contributed by atoms with Crippen molar-refractivity contribution in [2.45, 2.75) is 50.2 Å². The lowest BCUT2D eigenvalue weighted by molar-refractivity contribution is -0.137. The molecule has 32 heavy (non-hydrogen) atoms. The zero-order valence-electron chi connectivity index (χ0n) is 18.0. The molecule has 2 aromatic carbocycles. The Morgan fingerprint density at radius 3 is 2.25 bits per heavy atom. The number of halogens is 4. The van der Waals surface area contributed by atoms with Crippen LogP contribution in [0, 0.1) is 11.8 Å². The van der Waals surface area contributed by atoms with Crippen LogP contribution in [-0.4, -0.2) is 30.4 Å². The lowest BCUT2D eigenvalue weighted by atomic mass is 9.67. The molecule has 1 saturated carbocycles. The van der Waals surface area contributed by atoms with Crippen LogP contribution in [0.3, 0.4) is 0 Å². The first-order valence-electron chi connectivity index (χ1n) is 11.3. The molecule has 1 aliphatic carbocycles. The van der Waals surface area contributed by atoms with Crippen molar-refractivity contribution in [2.75, 3.05) is 24.7 Å². The van der Waals surface area contributed by atoms with E-state index in [0.717, 1.165) is 43.6 Å². The first-order chi connectivity index (χ1) is 15.3. The number of aliphatic hydroxyl groups is 1. The molecular formula is C25H29ClF3NO2. The average molecular weight is 468 g/mol. The molecule has 2 aliphatic rings. The highest BCUT2D eigenvalue weighted by molar-refractivity contribution is 6.30. The number of rotatable bonds is 7. The smallest absolute Gasteiger partial charge is 0.416 e. The van der Waals surface area contributed by atoms with E-state index in [1.54, 1.807) is 0 Å². The van der Waals surface area contributed by atoms with Gasteiger partial charge in [0.2, 0.25) is 0 Å². The predicted molar refractivity (Wildman–Crippen MR) is 120 cm³/mol. The van der Waals surface area contributed by atoms with Crippen LogP contribution >= 0.6 is 11.6 Å². The number of anilines is 1. The number of nitrogens with zero attached hydrogens (tertiary/aromatic N) is 1. The molecule has 0 radical (unpaired) electrons. The van der Waals surface area contributed by atoms with Crippen molar-refractivity contribution in [3.05, 3.63) is 59.1 Å². The summed E-state index contributed by atoms with van der Waals surface area (Å²) < 4.78 is 44.5. The third kappa shape index (κ3) is 4.86. The Morgan fingerprint density at radius 1 is 1.00 bits per heavy atom. The normalized spacial score (nSPS) is 24.3. The number of hydrogen-bond donors (Lipinski definition) is 1. The molecule has 2 aromatic rings. The number of alkyl halides is 3. The maximum atomic E-state index is 12.9. The molecule has 3 nitrogen and oxygen atoms in total. The van der Waals surface area contributed by atoms with E-state index in [1.807, 2.05) is 24.3 Å². The summed E-state index contributed by atoms with van der Waals surface area (Å²) in [6.45, 7) is 1.20. The quantitative estimate of drug-likeness (QED) is 0.499. The fraction of sp³-hybridized carbons (Fsp3) is 0.520. The average Bonchev–Trinajstić information content (AvgIpc) is 2.75. The third-order valence-electron chi connectivity index (χ3n) is 7.14. The molecule has 0 spiro atoms. The Kier molecular flexibility index (Phi) is 6.91. The number of ether oxygens (including phenoxy) is 1. The van der Waals surface area contributed by atoms with Gasteiger partial charge >= 0.3 is 6.18 Å². The number of aliphatic hydroxyl groups excluding tert-OH is 1. The minimum Gasteiger partial charge on any atom is -0.493 e. The fourth-order valence-corrected chi connectivity index (χ4v) is 5.27. The van der Waals surface area contributed by atoms with Crippen molar-refractivity contribution in [3.63, 3.8) is 0 Å². The first kappa shape index (κ1) is 23.2. The molecule has 0 amide bonds. The summed E-state index contributed by atoms with van der Waals surface area (Å²) in [6.07, 6.45) is 1.93. The van der Waals surface area contributed by atoms with Gasteiger partial charge < -0.3 is 14.7 Å². The molecule has 7 heteroatoms. The Hall–Kier alpha value is -1.92. The van der Waals surface area contributed by atoms with Gasteiger partial charge in [0, 0.05) is 23.2 Å². The molecule has 0 aromatic heterocycles. The van der Waals surface area contributed by atoms with E-state index >= 15 is 0 Å². The van der Waals surface area contributed by atoms with Crippen LogP contribution in [0.5, 0.6) is 5.75 Å². The maximum Gasteiger partial charge on any atom is 0.416 e. The van der Waals surface area contributed by atoms with Crippen LogP contribution in [-0.2, 0) is 6.18 Å². The number of benzene rings is 2. The van der Waals surface area contributed by atoms with Gasteiger partial charge in [-0.25, -0.2) is 0 Å². The predicted octanol–water partition coefficient (Wildman–Crippen LogP) is 6.58. The largest absolute Gasteiger partial charge is 0.493 e. The summed E-state index contributed by atoms with van der Waals surface area (Å²) in [5.41, 5.74) is -0.128. The van der Waals surface area contributed by atoms with Crippen molar-refractivity contribution in [1.29, 1.82) is 0 Å². The Morgan fingerprint density at radius 2 is 1.69 bits per heavy atom. The molecule has 2 atom stereocenters. The molecule has 4 rings (SSSR count). The standard InChI is InChI=1S/C25H29ClF3NO2/c26-21-8-10-22(11-9-21)30-14-2-5-20(24(30,17-31)15-18-3-1-4-18)16-32-23-12-6-19(7-13-23)25(27,28)29/h6-13,18,20,31H,1-5,14-17H2. The molecular weight excluding hydrogens is 439 g/mol. The molecule has 1 saturated heterocycles. The molecule has 1 aliphatic heterocycles. The van der Waals surface area contributed by atoms with Gasteiger partial charge in [-0.1, -0.05) is 30.9 Å². The van der Waals surface area contributed by atoms with E-state index in [0.29, 0.717) is 23.3 Å². The number of piperidine rings is 1. The van der Waals surface area contributed by atoms with E-state index in [2.05, 4.69) is 4.90 Å². The second kappa shape index (κ2) is 9.52. The minimum atomic E-state index is -4.37. The minimum absolute atomic E-state index is 0.00711. The van der Waals surface area contributed by atoms with Crippen LogP contribution in [0.2, 0.25) is 5.02 Å². The summed E-state index contributed by atoms with van der Waals surface area (Å²) in [5, 5.41) is 11.4. The van der Waals surface area contributed by atoms with Gasteiger partial charge in [0.05, 0.1) is 24.3 Å². The van der Waals surface area contributed by atoms with Crippen LogP contribution < -0.4 is 9.64 Å². The van der Waals surface area contributed by atoms with E-state index in [1.165, 1.54) is 31.4 Å². The third-order valence-corrected chi connectivity index (χ3v) is 7.40. The second-order valence-electron chi connectivity index (χ2n) is 9.06. The van der Waals surface area contributed by atoms with Crippen molar-refractivity contribution in [2.24, 2.45) is 11.8 Å². The lowest BCUT2D eigenvalue weighted by Crippen LogP contribution is -2.62. The van der Waals surface area contributed by atoms with Gasteiger partial charge in [-0.15, -0.1) is 0 Å². The zero-order chi connectivity index (χ0) is 22.8. The summed E-state index contributed by atoms with van der Waals surface area (Å²) in [4.78, 5) is 2.31. The highest BCUT2D eigenvalue weighted by atomic mass is 35.5. The van der Waals surface area contributed by atoms with Gasteiger partial charge in [-0.3, -0.25) is 0 Å². The maximum absolute atomic E-state index is 12.9.